The molecular weight excluding hydrogens is 350 g/mol. The molecule has 0 bridgehead atoms. The highest BCUT2D eigenvalue weighted by Gasteiger charge is 2.15. The van der Waals surface area contributed by atoms with Gasteiger partial charge >= 0.3 is 6.03 Å². The lowest BCUT2D eigenvalue weighted by molar-refractivity contribution is -0.121. The van der Waals surface area contributed by atoms with Crippen molar-refractivity contribution < 1.29 is 9.59 Å². The van der Waals surface area contributed by atoms with E-state index in [1.54, 1.807) is 0 Å². The minimum Gasteiger partial charge on any atom is -0.350 e. The molecule has 1 aliphatic rings. The van der Waals surface area contributed by atoms with Crippen LogP contribution in [0, 0.1) is 0 Å². The summed E-state index contributed by atoms with van der Waals surface area (Å²) < 4.78 is 0. The molecule has 5 heteroatoms. The van der Waals surface area contributed by atoms with Crippen molar-refractivity contribution in [2.45, 2.75) is 64.0 Å². The average Bonchev–Trinajstić information content (AvgIpc) is 2.71. The first-order valence-electron chi connectivity index (χ1n) is 10.4. The lowest BCUT2D eigenvalue weighted by atomic mass is 9.96. The molecule has 0 aliphatic heterocycles. The van der Waals surface area contributed by atoms with Gasteiger partial charge in [0.15, 0.2) is 0 Å². The molecule has 1 fully saturated rings. The van der Waals surface area contributed by atoms with Crippen LogP contribution in [0.3, 0.4) is 0 Å². The second-order valence-corrected chi connectivity index (χ2v) is 7.73. The van der Waals surface area contributed by atoms with Crippen molar-refractivity contribution in [2.75, 3.05) is 6.54 Å². The molecule has 3 rings (SSSR count). The third kappa shape index (κ3) is 5.98. The maximum absolute atomic E-state index is 12.2. The van der Waals surface area contributed by atoms with Gasteiger partial charge in [0, 0.05) is 19.0 Å². The minimum atomic E-state index is -0.114. The number of rotatable bonds is 7. The standard InChI is InChI=1S/C23H31N3O2/c1-17(19-14-13-18-8-5-6-9-20(18)16-19)25-22(27)12-7-15-24-23(28)26-21-10-3-2-4-11-21/h5-6,8-9,13-14,16-17,21H,2-4,7,10-12,15H2,1H3,(H,25,27)(H2,24,26,28)/t17-/m1/s1. The molecule has 0 spiro atoms. The Morgan fingerprint density at radius 2 is 1.79 bits per heavy atom. The molecule has 0 unspecified atom stereocenters. The number of amides is 3. The van der Waals surface area contributed by atoms with Crippen molar-refractivity contribution in [3.8, 4) is 0 Å². The lowest BCUT2D eigenvalue weighted by Gasteiger charge is -2.22. The van der Waals surface area contributed by atoms with Gasteiger partial charge in [0.1, 0.15) is 0 Å². The monoisotopic (exact) mass is 381 g/mol. The van der Waals surface area contributed by atoms with Crippen molar-refractivity contribution in [3.05, 3.63) is 48.0 Å². The van der Waals surface area contributed by atoms with Gasteiger partial charge < -0.3 is 16.0 Å². The summed E-state index contributed by atoms with van der Waals surface area (Å²) >= 11 is 0. The van der Waals surface area contributed by atoms with Gasteiger partial charge in [0.25, 0.3) is 0 Å². The van der Waals surface area contributed by atoms with E-state index in [1.165, 1.54) is 30.0 Å². The van der Waals surface area contributed by atoms with E-state index in [0.717, 1.165) is 18.4 Å². The van der Waals surface area contributed by atoms with Gasteiger partial charge in [0.05, 0.1) is 6.04 Å². The summed E-state index contributed by atoms with van der Waals surface area (Å²) in [6, 6.07) is 14.6. The molecule has 1 aliphatic carbocycles. The van der Waals surface area contributed by atoms with E-state index < -0.39 is 0 Å². The molecular formula is C23H31N3O2. The highest BCUT2D eigenvalue weighted by Crippen LogP contribution is 2.20. The normalized spacial score (nSPS) is 15.8. The van der Waals surface area contributed by atoms with Gasteiger partial charge in [-0.1, -0.05) is 55.7 Å². The van der Waals surface area contributed by atoms with Crippen molar-refractivity contribution >= 4 is 22.7 Å². The Labute approximate surface area is 167 Å². The predicted octanol–water partition coefficient (Wildman–Crippen LogP) is 4.43. The zero-order valence-electron chi connectivity index (χ0n) is 16.7. The second kappa shape index (κ2) is 10.1. The predicted molar refractivity (Wildman–Crippen MR) is 113 cm³/mol. The van der Waals surface area contributed by atoms with Gasteiger partial charge in [-0.3, -0.25) is 4.79 Å². The number of fused-ring (bicyclic) bond motifs is 1. The quantitative estimate of drug-likeness (QED) is 0.621. The van der Waals surface area contributed by atoms with Crippen LogP contribution in [0.25, 0.3) is 10.8 Å². The number of carbonyl (C=O) groups is 2. The van der Waals surface area contributed by atoms with Crippen LogP contribution in [-0.4, -0.2) is 24.5 Å². The van der Waals surface area contributed by atoms with Crippen LogP contribution in [0.4, 0.5) is 4.79 Å². The largest absolute Gasteiger partial charge is 0.350 e. The zero-order chi connectivity index (χ0) is 19.8. The zero-order valence-corrected chi connectivity index (χ0v) is 16.7. The summed E-state index contributed by atoms with van der Waals surface area (Å²) in [4.78, 5) is 24.1. The number of nitrogens with one attached hydrogen (secondary N) is 3. The van der Waals surface area contributed by atoms with Crippen LogP contribution in [0.2, 0.25) is 0 Å². The van der Waals surface area contributed by atoms with Crippen LogP contribution >= 0.6 is 0 Å². The first-order chi connectivity index (χ1) is 13.6. The van der Waals surface area contributed by atoms with E-state index in [0.29, 0.717) is 25.4 Å². The van der Waals surface area contributed by atoms with E-state index in [4.69, 9.17) is 0 Å². The fraction of sp³-hybridized carbons (Fsp3) is 0.478. The first kappa shape index (κ1) is 20.2. The fourth-order valence-corrected chi connectivity index (χ4v) is 3.81. The molecule has 2 aromatic rings. The van der Waals surface area contributed by atoms with Crippen LogP contribution in [-0.2, 0) is 4.79 Å². The third-order valence-corrected chi connectivity index (χ3v) is 5.46. The fourth-order valence-electron chi connectivity index (χ4n) is 3.81. The highest BCUT2D eigenvalue weighted by molar-refractivity contribution is 5.83. The van der Waals surface area contributed by atoms with Crippen molar-refractivity contribution in [1.82, 2.24) is 16.0 Å². The summed E-state index contributed by atoms with van der Waals surface area (Å²) in [6.45, 7) is 2.51. The van der Waals surface area contributed by atoms with Gasteiger partial charge in [0.2, 0.25) is 5.91 Å². The Hall–Kier alpha value is -2.56. The van der Waals surface area contributed by atoms with Crippen LogP contribution < -0.4 is 16.0 Å². The summed E-state index contributed by atoms with van der Waals surface area (Å²) in [7, 11) is 0. The molecule has 150 valence electrons. The number of carbonyl (C=O) groups excluding carboxylic acids is 2. The molecule has 0 aromatic heterocycles. The molecule has 0 saturated heterocycles. The summed E-state index contributed by atoms with van der Waals surface area (Å²) in [5.41, 5.74) is 1.09. The topological polar surface area (TPSA) is 70.2 Å². The van der Waals surface area contributed by atoms with E-state index in [2.05, 4.69) is 46.3 Å². The molecule has 3 amide bonds. The molecule has 3 N–H and O–H groups in total. The Morgan fingerprint density at radius 3 is 2.57 bits per heavy atom. The maximum atomic E-state index is 12.2. The number of urea groups is 1. The molecule has 0 radical (unpaired) electrons. The molecule has 2 aromatic carbocycles. The van der Waals surface area contributed by atoms with Crippen molar-refractivity contribution in [1.29, 1.82) is 0 Å². The Bertz CT molecular complexity index is 799. The summed E-state index contributed by atoms with van der Waals surface area (Å²) in [5.74, 6) is 0.00940. The Balaban J connectivity index is 1.35. The van der Waals surface area contributed by atoms with Crippen molar-refractivity contribution in [2.24, 2.45) is 0 Å². The van der Waals surface area contributed by atoms with E-state index in [-0.39, 0.29) is 18.0 Å². The lowest BCUT2D eigenvalue weighted by Crippen LogP contribution is -2.43. The summed E-state index contributed by atoms with van der Waals surface area (Å²) in [5, 5.41) is 11.3. The van der Waals surface area contributed by atoms with Crippen molar-refractivity contribution in [3.63, 3.8) is 0 Å². The highest BCUT2D eigenvalue weighted by atomic mass is 16.2. The van der Waals surface area contributed by atoms with Gasteiger partial charge in [-0.15, -0.1) is 0 Å². The number of benzene rings is 2. The minimum absolute atomic E-state index is 0.00940. The molecule has 1 atom stereocenters. The van der Waals surface area contributed by atoms with Crippen LogP contribution in [0.15, 0.2) is 42.5 Å². The number of hydrogen-bond donors (Lipinski definition) is 3. The van der Waals surface area contributed by atoms with Crippen LogP contribution in [0.5, 0.6) is 0 Å². The number of hydrogen-bond acceptors (Lipinski definition) is 2. The average molecular weight is 382 g/mol. The van der Waals surface area contributed by atoms with E-state index in [1.807, 2.05) is 19.1 Å². The van der Waals surface area contributed by atoms with Gasteiger partial charge in [-0.25, -0.2) is 4.79 Å². The second-order valence-electron chi connectivity index (χ2n) is 7.73. The molecule has 1 saturated carbocycles. The molecule has 28 heavy (non-hydrogen) atoms. The Kier molecular flexibility index (Phi) is 7.29. The van der Waals surface area contributed by atoms with Gasteiger partial charge in [-0.05, 0) is 48.6 Å². The SMILES string of the molecule is C[C@@H](NC(=O)CCCNC(=O)NC1CCCCC1)c1ccc2ccccc2c1. The third-order valence-electron chi connectivity index (χ3n) is 5.46. The van der Waals surface area contributed by atoms with Crippen LogP contribution in [0.1, 0.15) is 63.5 Å². The van der Waals surface area contributed by atoms with Gasteiger partial charge in [-0.2, -0.15) is 0 Å². The molecule has 0 heterocycles. The van der Waals surface area contributed by atoms with E-state index in [9.17, 15) is 9.59 Å². The summed E-state index contributed by atoms with van der Waals surface area (Å²) in [6.07, 6.45) is 6.84. The smallest absolute Gasteiger partial charge is 0.315 e. The first-order valence-corrected chi connectivity index (χ1v) is 10.4. The molecule has 5 nitrogen and oxygen atoms in total. The Morgan fingerprint density at radius 1 is 1.04 bits per heavy atom. The maximum Gasteiger partial charge on any atom is 0.315 e. The van der Waals surface area contributed by atoms with E-state index >= 15 is 0 Å².